The molecule has 2 aliphatic rings. The van der Waals surface area contributed by atoms with Crippen molar-refractivity contribution >= 4 is 11.8 Å². The maximum atomic E-state index is 12.3. The van der Waals surface area contributed by atoms with E-state index in [1.165, 1.54) is 18.4 Å². The number of carbonyl (C=O) groups excluding carboxylic acids is 2. The van der Waals surface area contributed by atoms with E-state index in [0.29, 0.717) is 24.9 Å². The molecule has 2 fully saturated rings. The number of amides is 2. The molecule has 0 spiro atoms. The number of hydrogen-bond donors (Lipinski definition) is 2. The summed E-state index contributed by atoms with van der Waals surface area (Å²) < 4.78 is 0. The van der Waals surface area contributed by atoms with E-state index in [4.69, 9.17) is 0 Å². The van der Waals surface area contributed by atoms with E-state index in [1.54, 1.807) is 0 Å². The van der Waals surface area contributed by atoms with Gasteiger partial charge in [0.05, 0.1) is 0 Å². The first-order valence-electron chi connectivity index (χ1n) is 10.2. The summed E-state index contributed by atoms with van der Waals surface area (Å²) in [6.07, 6.45) is 7.73. The number of piperidine rings is 1. The summed E-state index contributed by atoms with van der Waals surface area (Å²) in [5, 5.41) is 6.23. The third-order valence-corrected chi connectivity index (χ3v) is 6.07. The second-order valence-corrected chi connectivity index (χ2v) is 8.20. The van der Waals surface area contributed by atoms with Crippen molar-refractivity contribution in [3.05, 3.63) is 35.9 Å². The Hall–Kier alpha value is -1.84. The maximum Gasteiger partial charge on any atom is 0.223 e. The first kappa shape index (κ1) is 18.9. The van der Waals surface area contributed by atoms with Gasteiger partial charge in [-0.3, -0.25) is 9.59 Å². The number of fused-ring (bicyclic) bond motifs is 1. The van der Waals surface area contributed by atoms with E-state index >= 15 is 0 Å². The van der Waals surface area contributed by atoms with Gasteiger partial charge in [0.25, 0.3) is 0 Å². The smallest absolute Gasteiger partial charge is 0.223 e. The Balaban J connectivity index is 1.32. The number of carbonyl (C=O) groups is 2. The first-order valence-corrected chi connectivity index (χ1v) is 10.2. The highest BCUT2D eigenvalue weighted by atomic mass is 16.2. The topological polar surface area (TPSA) is 58.2 Å². The Morgan fingerprint density at radius 1 is 1.19 bits per heavy atom. The molecule has 1 aromatic rings. The molecule has 0 aromatic heterocycles. The van der Waals surface area contributed by atoms with E-state index in [9.17, 15) is 9.59 Å². The van der Waals surface area contributed by atoms with Crippen molar-refractivity contribution in [1.82, 2.24) is 10.6 Å². The SMILES string of the molecule is CC1CCC2CC(CCNC(=O)CCCc3ccccc3)C(=O)NC2C1. The summed E-state index contributed by atoms with van der Waals surface area (Å²) in [6.45, 7) is 2.89. The molecule has 4 atom stereocenters. The molecule has 26 heavy (non-hydrogen) atoms. The van der Waals surface area contributed by atoms with Gasteiger partial charge in [-0.2, -0.15) is 0 Å². The van der Waals surface area contributed by atoms with Crippen molar-refractivity contribution in [2.45, 2.75) is 64.3 Å². The van der Waals surface area contributed by atoms with Crippen molar-refractivity contribution in [2.75, 3.05) is 6.54 Å². The molecule has 1 saturated heterocycles. The molecule has 1 aliphatic carbocycles. The molecule has 4 unspecified atom stereocenters. The summed E-state index contributed by atoms with van der Waals surface area (Å²) in [6, 6.07) is 10.6. The van der Waals surface area contributed by atoms with Crippen LogP contribution in [-0.2, 0) is 16.0 Å². The lowest BCUT2D eigenvalue weighted by Gasteiger charge is -2.41. The van der Waals surface area contributed by atoms with Crippen molar-refractivity contribution in [2.24, 2.45) is 17.8 Å². The van der Waals surface area contributed by atoms with E-state index < -0.39 is 0 Å². The fraction of sp³-hybridized carbons (Fsp3) is 0.636. The van der Waals surface area contributed by atoms with Crippen LogP contribution in [0.2, 0.25) is 0 Å². The molecule has 142 valence electrons. The predicted octanol–water partition coefficient (Wildman–Crippen LogP) is 3.46. The molecule has 4 nitrogen and oxygen atoms in total. The van der Waals surface area contributed by atoms with Gasteiger partial charge in [-0.15, -0.1) is 0 Å². The highest BCUT2D eigenvalue weighted by molar-refractivity contribution is 5.80. The predicted molar refractivity (Wildman–Crippen MR) is 104 cm³/mol. The first-order chi connectivity index (χ1) is 12.6. The van der Waals surface area contributed by atoms with Crippen LogP contribution in [0.5, 0.6) is 0 Å². The van der Waals surface area contributed by atoms with Gasteiger partial charge >= 0.3 is 0 Å². The molecule has 3 rings (SSSR count). The van der Waals surface area contributed by atoms with Crippen LogP contribution in [0.3, 0.4) is 0 Å². The molecule has 4 heteroatoms. The summed E-state index contributed by atoms with van der Waals surface area (Å²) in [7, 11) is 0. The highest BCUT2D eigenvalue weighted by Crippen LogP contribution is 2.36. The highest BCUT2D eigenvalue weighted by Gasteiger charge is 2.38. The van der Waals surface area contributed by atoms with Gasteiger partial charge in [0.2, 0.25) is 11.8 Å². The van der Waals surface area contributed by atoms with Crippen LogP contribution in [-0.4, -0.2) is 24.4 Å². The van der Waals surface area contributed by atoms with E-state index in [0.717, 1.165) is 38.0 Å². The molecule has 2 amide bonds. The third kappa shape index (κ3) is 5.33. The molecule has 1 heterocycles. The summed E-state index contributed by atoms with van der Waals surface area (Å²) in [5.74, 6) is 1.72. The van der Waals surface area contributed by atoms with Crippen molar-refractivity contribution in [3.63, 3.8) is 0 Å². The fourth-order valence-corrected chi connectivity index (χ4v) is 4.50. The average molecular weight is 357 g/mol. The van der Waals surface area contributed by atoms with Gasteiger partial charge in [-0.1, -0.05) is 43.7 Å². The van der Waals surface area contributed by atoms with Gasteiger partial charge in [-0.25, -0.2) is 0 Å². The van der Waals surface area contributed by atoms with Crippen molar-refractivity contribution in [1.29, 1.82) is 0 Å². The quantitative estimate of drug-likeness (QED) is 0.786. The second-order valence-electron chi connectivity index (χ2n) is 8.20. The number of nitrogens with one attached hydrogen (secondary N) is 2. The minimum Gasteiger partial charge on any atom is -0.356 e. The lowest BCUT2D eigenvalue weighted by atomic mass is 9.72. The lowest BCUT2D eigenvalue weighted by molar-refractivity contribution is -0.131. The summed E-state index contributed by atoms with van der Waals surface area (Å²) in [4.78, 5) is 24.3. The van der Waals surface area contributed by atoms with Gasteiger partial charge < -0.3 is 10.6 Å². The Morgan fingerprint density at radius 3 is 2.81 bits per heavy atom. The fourth-order valence-electron chi connectivity index (χ4n) is 4.50. The second kappa shape index (κ2) is 9.20. The largest absolute Gasteiger partial charge is 0.356 e. The molecule has 2 N–H and O–H groups in total. The Morgan fingerprint density at radius 2 is 2.00 bits per heavy atom. The van der Waals surface area contributed by atoms with Gasteiger partial charge in [0.15, 0.2) is 0 Å². The molecular formula is C22H32N2O2. The number of rotatable bonds is 7. The van der Waals surface area contributed by atoms with Crippen LogP contribution in [0.15, 0.2) is 30.3 Å². The molecular weight excluding hydrogens is 324 g/mol. The van der Waals surface area contributed by atoms with Gasteiger partial charge in [-0.05, 0) is 55.9 Å². The van der Waals surface area contributed by atoms with E-state index in [1.807, 2.05) is 18.2 Å². The Labute approximate surface area is 157 Å². The van der Waals surface area contributed by atoms with Crippen molar-refractivity contribution < 1.29 is 9.59 Å². The minimum absolute atomic E-state index is 0.0641. The summed E-state index contributed by atoms with van der Waals surface area (Å²) >= 11 is 0. The number of benzene rings is 1. The zero-order valence-corrected chi connectivity index (χ0v) is 15.9. The maximum absolute atomic E-state index is 12.3. The lowest BCUT2D eigenvalue weighted by Crippen LogP contribution is -2.52. The van der Waals surface area contributed by atoms with Crippen LogP contribution >= 0.6 is 0 Å². The third-order valence-electron chi connectivity index (χ3n) is 6.07. The average Bonchev–Trinajstić information content (AvgIpc) is 2.63. The minimum atomic E-state index is 0.0641. The van der Waals surface area contributed by atoms with Crippen LogP contribution < -0.4 is 10.6 Å². The van der Waals surface area contributed by atoms with Gasteiger partial charge in [0.1, 0.15) is 0 Å². The molecule has 0 bridgehead atoms. The molecule has 0 radical (unpaired) electrons. The van der Waals surface area contributed by atoms with Crippen LogP contribution in [0.25, 0.3) is 0 Å². The number of aryl methyl sites for hydroxylation is 1. The van der Waals surface area contributed by atoms with E-state index in [2.05, 4.69) is 29.7 Å². The zero-order valence-electron chi connectivity index (χ0n) is 15.9. The monoisotopic (exact) mass is 356 g/mol. The van der Waals surface area contributed by atoms with Gasteiger partial charge in [0, 0.05) is 24.9 Å². The Bertz CT molecular complexity index is 601. The molecule has 1 aromatic carbocycles. The normalized spacial score (nSPS) is 28.1. The van der Waals surface area contributed by atoms with Crippen molar-refractivity contribution in [3.8, 4) is 0 Å². The summed E-state index contributed by atoms with van der Waals surface area (Å²) in [5.41, 5.74) is 1.27. The van der Waals surface area contributed by atoms with Crippen LogP contribution in [0.1, 0.15) is 57.4 Å². The van der Waals surface area contributed by atoms with Crippen LogP contribution in [0.4, 0.5) is 0 Å². The number of hydrogen-bond acceptors (Lipinski definition) is 2. The zero-order chi connectivity index (χ0) is 18.4. The van der Waals surface area contributed by atoms with E-state index in [-0.39, 0.29) is 17.7 Å². The Kier molecular flexibility index (Phi) is 6.70. The molecule has 1 saturated carbocycles. The standard InChI is InChI=1S/C22H32N2O2/c1-16-10-11-18-15-19(22(26)24-20(18)14-16)12-13-23-21(25)9-5-8-17-6-3-2-4-7-17/h2-4,6-7,16,18-20H,5,8-15H2,1H3,(H,23,25)(H,24,26). The van der Waals surface area contributed by atoms with Crippen LogP contribution in [0, 0.1) is 17.8 Å². The molecule has 1 aliphatic heterocycles.